The second-order valence-corrected chi connectivity index (χ2v) is 1.35. The van der Waals surface area contributed by atoms with Crippen molar-refractivity contribution in [2.75, 3.05) is 6.54 Å². The quantitative estimate of drug-likeness (QED) is 0.401. The van der Waals surface area contributed by atoms with Gasteiger partial charge >= 0.3 is 0 Å². The molecule has 0 aliphatic carbocycles. The highest BCUT2D eigenvalue weighted by Crippen LogP contribution is 1.87. The third kappa shape index (κ3) is 3.96. The standard InChI is InChI=1S/C5H12N/c1-2-3-4-5-6/h1-6H2/q-1. The van der Waals surface area contributed by atoms with E-state index in [2.05, 4.69) is 6.92 Å². The fraction of sp³-hybridized carbons (Fsp3) is 0.800. The van der Waals surface area contributed by atoms with Crippen LogP contribution in [0.25, 0.3) is 0 Å². The summed E-state index contributed by atoms with van der Waals surface area (Å²) < 4.78 is 0. The van der Waals surface area contributed by atoms with E-state index in [0.717, 1.165) is 19.4 Å². The van der Waals surface area contributed by atoms with Gasteiger partial charge in [0.05, 0.1) is 0 Å². The van der Waals surface area contributed by atoms with Gasteiger partial charge < -0.3 is 12.7 Å². The highest BCUT2D eigenvalue weighted by Gasteiger charge is 1.71. The highest BCUT2D eigenvalue weighted by molar-refractivity contribution is 4.41. The summed E-state index contributed by atoms with van der Waals surface area (Å²) in [6.07, 6.45) is 3.33. The minimum absolute atomic E-state index is 0.815. The van der Waals surface area contributed by atoms with E-state index in [9.17, 15) is 0 Å². The van der Waals surface area contributed by atoms with Gasteiger partial charge in [0.25, 0.3) is 0 Å². The highest BCUT2D eigenvalue weighted by atomic mass is 14.5. The molecule has 0 fully saturated rings. The molecule has 0 aromatic rings. The molecule has 0 rings (SSSR count). The van der Waals surface area contributed by atoms with Crippen LogP contribution in [0, 0.1) is 6.92 Å². The lowest BCUT2D eigenvalue weighted by Gasteiger charge is -1.91. The molecule has 0 aliphatic rings. The largest absolute Gasteiger partial charge is 0.343 e. The molecule has 1 heteroatoms. The molecule has 0 saturated carbocycles. The fourth-order valence-corrected chi connectivity index (χ4v) is 0.321. The maximum absolute atomic E-state index is 5.19. The van der Waals surface area contributed by atoms with Crippen molar-refractivity contribution in [1.82, 2.24) is 0 Å². The molecule has 0 atom stereocenters. The summed E-state index contributed by atoms with van der Waals surface area (Å²) in [5.41, 5.74) is 5.19. The minimum Gasteiger partial charge on any atom is -0.343 e. The maximum Gasteiger partial charge on any atom is -0.00782 e. The van der Waals surface area contributed by atoms with Crippen molar-refractivity contribution in [2.24, 2.45) is 5.73 Å². The van der Waals surface area contributed by atoms with Crippen LogP contribution in [-0.4, -0.2) is 6.54 Å². The Kier molecular flexibility index (Phi) is 4.93. The van der Waals surface area contributed by atoms with E-state index in [1.807, 2.05) is 0 Å². The van der Waals surface area contributed by atoms with Gasteiger partial charge in [-0.25, -0.2) is 0 Å². The van der Waals surface area contributed by atoms with Crippen molar-refractivity contribution in [3.8, 4) is 0 Å². The van der Waals surface area contributed by atoms with E-state index in [1.54, 1.807) is 0 Å². The zero-order valence-corrected chi connectivity index (χ0v) is 4.11. The lowest BCUT2D eigenvalue weighted by molar-refractivity contribution is 0.757. The molecule has 6 heavy (non-hydrogen) atoms. The van der Waals surface area contributed by atoms with Gasteiger partial charge in [0.1, 0.15) is 0 Å². The molecule has 38 valence electrons. The van der Waals surface area contributed by atoms with Gasteiger partial charge in [-0.15, -0.1) is 0 Å². The predicted octanol–water partition coefficient (Wildman–Crippen LogP) is 0.949. The van der Waals surface area contributed by atoms with Gasteiger partial charge in [-0.2, -0.15) is 6.42 Å². The summed E-state index contributed by atoms with van der Waals surface area (Å²) in [6, 6.07) is 0. The fourth-order valence-electron chi connectivity index (χ4n) is 0.321. The molecule has 0 heterocycles. The number of unbranched alkanes of at least 4 members (excludes halogenated alkanes) is 2. The van der Waals surface area contributed by atoms with Gasteiger partial charge in [-0.1, -0.05) is 6.42 Å². The molecule has 0 saturated heterocycles. The second kappa shape index (κ2) is 4.96. The molecule has 1 nitrogen and oxygen atoms in total. The van der Waals surface area contributed by atoms with E-state index in [0.29, 0.717) is 0 Å². The van der Waals surface area contributed by atoms with E-state index >= 15 is 0 Å². The van der Waals surface area contributed by atoms with E-state index in [4.69, 9.17) is 5.73 Å². The van der Waals surface area contributed by atoms with Crippen molar-refractivity contribution >= 4 is 0 Å². The van der Waals surface area contributed by atoms with Crippen LogP contribution in [0.3, 0.4) is 0 Å². The first kappa shape index (κ1) is 5.96. The summed E-state index contributed by atoms with van der Waals surface area (Å²) in [7, 11) is 0. The Bertz CT molecular complexity index is 15.9. The molecule has 0 amide bonds. The monoisotopic (exact) mass is 86.1 g/mol. The van der Waals surface area contributed by atoms with Crippen LogP contribution in [0.5, 0.6) is 0 Å². The molecule has 2 N–H and O–H groups in total. The minimum atomic E-state index is 0.815. The van der Waals surface area contributed by atoms with Crippen LogP contribution in [0.15, 0.2) is 0 Å². The van der Waals surface area contributed by atoms with Gasteiger partial charge in [0.2, 0.25) is 0 Å². The molecular formula is C5H12N-. The molecule has 0 bridgehead atoms. The SMILES string of the molecule is [CH2-]CCCCN. The van der Waals surface area contributed by atoms with Crippen molar-refractivity contribution in [3.63, 3.8) is 0 Å². The number of nitrogens with two attached hydrogens (primary N) is 1. The summed E-state index contributed by atoms with van der Waals surface area (Å²) in [5, 5.41) is 0. The summed E-state index contributed by atoms with van der Waals surface area (Å²) in [4.78, 5) is 0. The van der Waals surface area contributed by atoms with Crippen molar-refractivity contribution in [3.05, 3.63) is 6.92 Å². The molecule has 0 aromatic heterocycles. The Balaban J connectivity index is 2.34. The van der Waals surface area contributed by atoms with Crippen molar-refractivity contribution in [2.45, 2.75) is 19.3 Å². The van der Waals surface area contributed by atoms with Gasteiger partial charge in [0.15, 0.2) is 0 Å². The molecule has 0 unspecified atom stereocenters. The Hall–Kier alpha value is -0.0400. The van der Waals surface area contributed by atoms with Crippen LogP contribution in [0.1, 0.15) is 19.3 Å². The topological polar surface area (TPSA) is 26.0 Å². The Morgan fingerprint density at radius 1 is 1.33 bits per heavy atom. The predicted molar refractivity (Wildman–Crippen MR) is 28.3 cm³/mol. The Morgan fingerprint density at radius 2 is 2.00 bits per heavy atom. The van der Waals surface area contributed by atoms with Crippen LogP contribution < -0.4 is 5.73 Å². The number of hydrogen-bond acceptors (Lipinski definition) is 1. The first-order chi connectivity index (χ1) is 2.91. The summed E-state index contributed by atoms with van der Waals surface area (Å²) in [5.74, 6) is 0. The average Bonchev–Trinajstić information content (AvgIpc) is 1.61. The summed E-state index contributed by atoms with van der Waals surface area (Å²) in [6.45, 7) is 4.48. The van der Waals surface area contributed by atoms with Crippen molar-refractivity contribution < 1.29 is 0 Å². The number of hydrogen-bond donors (Lipinski definition) is 1. The van der Waals surface area contributed by atoms with Gasteiger partial charge in [-0.05, 0) is 13.0 Å². The van der Waals surface area contributed by atoms with Crippen LogP contribution in [0.4, 0.5) is 0 Å². The first-order valence-electron chi connectivity index (χ1n) is 2.41. The molecule has 0 radical (unpaired) electrons. The molecule has 0 spiro atoms. The lowest BCUT2D eigenvalue weighted by Crippen LogP contribution is -1.96. The van der Waals surface area contributed by atoms with Crippen LogP contribution >= 0.6 is 0 Å². The number of rotatable bonds is 3. The first-order valence-corrected chi connectivity index (χ1v) is 2.41. The Morgan fingerprint density at radius 3 is 2.17 bits per heavy atom. The van der Waals surface area contributed by atoms with Crippen LogP contribution in [-0.2, 0) is 0 Å². The zero-order valence-electron chi connectivity index (χ0n) is 4.11. The van der Waals surface area contributed by atoms with Crippen molar-refractivity contribution in [1.29, 1.82) is 0 Å². The Labute approximate surface area is 39.5 Å². The lowest BCUT2D eigenvalue weighted by atomic mass is 10.3. The van der Waals surface area contributed by atoms with E-state index < -0.39 is 0 Å². The normalized spacial score (nSPS) is 9.00. The molecule has 0 aromatic carbocycles. The second-order valence-electron chi connectivity index (χ2n) is 1.35. The van der Waals surface area contributed by atoms with Crippen LogP contribution in [0.2, 0.25) is 0 Å². The molecule has 0 aliphatic heterocycles. The summed E-state index contributed by atoms with van der Waals surface area (Å²) >= 11 is 0. The molecular weight excluding hydrogens is 74.1 g/mol. The average molecular weight is 86.2 g/mol. The smallest absolute Gasteiger partial charge is 0.00782 e. The zero-order chi connectivity index (χ0) is 4.83. The van der Waals surface area contributed by atoms with E-state index in [1.165, 1.54) is 6.42 Å². The van der Waals surface area contributed by atoms with E-state index in [-0.39, 0.29) is 0 Å². The van der Waals surface area contributed by atoms with Gasteiger partial charge in [-0.3, -0.25) is 0 Å². The third-order valence-electron chi connectivity index (χ3n) is 0.704. The third-order valence-corrected chi connectivity index (χ3v) is 0.704. The maximum atomic E-state index is 5.19. The van der Waals surface area contributed by atoms with Gasteiger partial charge in [0, 0.05) is 0 Å².